The first-order chi connectivity index (χ1) is 12.8. The smallest absolute Gasteiger partial charge is 0.240 e. The molecule has 7 nitrogen and oxygen atoms in total. The zero-order valence-corrected chi connectivity index (χ0v) is 17.4. The summed E-state index contributed by atoms with van der Waals surface area (Å²) in [6.07, 6.45) is 0.344. The summed E-state index contributed by atoms with van der Waals surface area (Å²) in [4.78, 5) is 20.0. The zero-order valence-electron chi connectivity index (χ0n) is 17.4. The summed E-state index contributed by atoms with van der Waals surface area (Å²) in [6.45, 7) is 16.1. The first-order valence-corrected chi connectivity index (χ1v) is 10.2. The SMILES string of the molecule is Cc1cc(CN2CCN(C(=O)C(C(C)C)N3CC(C)OC(C)C3)CC2)no1. The van der Waals surface area contributed by atoms with Gasteiger partial charge < -0.3 is 14.2 Å². The third-order valence-corrected chi connectivity index (χ3v) is 5.47. The van der Waals surface area contributed by atoms with Crippen molar-refractivity contribution >= 4 is 5.91 Å². The van der Waals surface area contributed by atoms with Crippen LogP contribution >= 0.6 is 0 Å². The maximum absolute atomic E-state index is 13.3. The third-order valence-electron chi connectivity index (χ3n) is 5.47. The van der Waals surface area contributed by atoms with Crippen LogP contribution in [0.5, 0.6) is 0 Å². The predicted molar refractivity (Wildman–Crippen MR) is 103 cm³/mol. The Bertz CT molecular complexity index is 614. The fraction of sp³-hybridized carbons (Fsp3) is 0.800. The number of aryl methyl sites for hydroxylation is 1. The van der Waals surface area contributed by atoms with Crippen LogP contribution in [0.1, 0.15) is 39.1 Å². The van der Waals surface area contributed by atoms with Crippen LogP contribution in [0.4, 0.5) is 0 Å². The number of carbonyl (C=O) groups is 1. The number of piperazine rings is 1. The Morgan fingerprint density at radius 2 is 1.81 bits per heavy atom. The van der Waals surface area contributed by atoms with Crippen molar-refractivity contribution < 1.29 is 14.1 Å². The van der Waals surface area contributed by atoms with Crippen molar-refractivity contribution in [3.05, 3.63) is 17.5 Å². The Kier molecular flexibility index (Phi) is 6.55. The highest BCUT2D eigenvalue weighted by atomic mass is 16.5. The Morgan fingerprint density at radius 1 is 1.19 bits per heavy atom. The molecule has 1 aromatic rings. The molecule has 27 heavy (non-hydrogen) atoms. The van der Waals surface area contributed by atoms with E-state index in [1.54, 1.807) is 0 Å². The van der Waals surface area contributed by atoms with Crippen molar-refractivity contribution in [3.8, 4) is 0 Å². The number of hydrogen-bond acceptors (Lipinski definition) is 6. The molecule has 3 atom stereocenters. The number of amides is 1. The minimum atomic E-state index is -0.0662. The summed E-state index contributed by atoms with van der Waals surface area (Å²) in [5, 5.41) is 4.08. The van der Waals surface area contributed by atoms with Crippen LogP contribution in [0, 0.1) is 12.8 Å². The molecular formula is C20H34N4O3. The number of rotatable bonds is 5. The molecular weight excluding hydrogens is 344 g/mol. The van der Waals surface area contributed by atoms with Gasteiger partial charge in [0.1, 0.15) is 5.76 Å². The summed E-state index contributed by atoms with van der Waals surface area (Å²) in [5.41, 5.74) is 0.962. The van der Waals surface area contributed by atoms with Crippen molar-refractivity contribution in [3.63, 3.8) is 0 Å². The van der Waals surface area contributed by atoms with Crippen LogP contribution in [0.3, 0.4) is 0 Å². The van der Waals surface area contributed by atoms with Crippen molar-refractivity contribution in [2.75, 3.05) is 39.3 Å². The third kappa shape index (κ3) is 5.09. The first-order valence-electron chi connectivity index (χ1n) is 10.2. The Labute approximate surface area is 162 Å². The van der Waals surface area contributed by atoms with Crippen LogP contribution < -0.4 is 0 Å². The number of carbonyl (C=O) groups excluding carboxylic acids is 1. The standard InChI is InChI=1S/C20H34N4O3/c1-14(2)19(24-11-16(4)26-17(5)12-24)20(25)23-8-6-22(7-9-23)13-18-10-15(3)27-21-18/h10,14,16-17,19H,6-9,11-13H2,1-5H3. The second-order valence-corrected chi connectivity index (χ2v) is 8.43. The topological polar surface area (TPSA) is 62.0 Å². The summed E-state index contributed by atoms with van der Waals surface area (Å²) in [7, 11) is 0. The highest BCUT2D eigenvalue weighted by molar-refractivity contribution is 5.82. The lowest BCUT2D eigenvalue weighted by Gasteiger charge is -2.44. The molecule has 3 heterocycles. The van der Waals surface area contributed by atoms with E-state index >= 15 is 0 Å². The van der Waals surface area contributed by atoms with Gasteiger partial charge >= 0.3 is 0 Å². The molecule has 2 fully saturated rings. The summed E-state index contributed by atoms with van der Waals surface area (Å²) in [5.74, 6) is 1.39. The molecule has 0 saturated carbocycles. The van der Waals surface area contributed by atoms with Crippen molar-refractivity contribution in [1.82, 2.24) is 19.9 Å². The highest BCUT2D eigenvalue weighted by Gasteiger charge is 2.37. The largest absolute Gasteiger partial charge is 0.373 e. The van der Waals surface area contributed by atoms with Gasteiger partial charge in [0.05, 0.1) is 23.9 Å². The molecule has 0 radical (unpaired) electrons. The highest BCUT2D eigenvalue weighted by Crippen LogP contribution is 2.21. The average Bonchev–Trinajstić information content (AvgIpc) is 2.99. The van der Waals surface area contributed by atoms with E-state index in [4.69, 9.17) is 9.26 Å². The Hall–Kier alpha value is -1.44. The average molecular weight is 379 g/mol. The van der Waals surface area contributed by atoms with E-state index in [0.717, 1.165) is 57.3 Å². The molecule has 1 amide bonds. The van der Waals surface area contributed by atoms with E-state index in [1.165, 1.54) is 0 Å². The number of hydrogen-bond donors (Lipinski definition) is 0. The summed E-state index contributed by atoms with van der Waals surface area (Å²) in [6, 6.07) is 1.91. The predicted octanol–water partition coefficient (Wildman–Crippen LogP) is 1.76. The van der Waals surface area contributed by atoms with Gasteiger partial charge in [-0.15, -0.1) is 0 Å². The number of ether oxygens (including phenoxy) is 1. The van der Waals surface area contributed by atoms with Crippen LogP contribution in [-0.4, -0.2) is 83.3 Å². The van der Waals surface area contributed by atoms with Crippen LogP contribution in [0.15, 0.2) is 10.6 Å². The van der Waals surface area contributed by atoms with Crippen molar-refractivity contribution in [2.45, 2.75) is 59.4 Å². The van der Waals surface area contributed by atoms with Crippen molar-refractivity contribution in [2.24, 2.45) is 5.92 Å². The molecule has 7 heteroatoms. The first kappa shape index (κ1) is 20.3. The summed E-state index contributed by atoms with van der Waals surface area (Å²) >= 11 is 0. The maximum atomic E-state index is 13.3. The van der Waals surface area contributed by atoms with E-state index in [1.807, 2.05) is 17.9 Å². The Morgan fingerprint density at radius 3 is 2.33 bits per heavy atom. The Balaban J connectivity index is 1.57. The zero-order chi connectivity index (χ0) is 19.6. The summed E-state index contributed by atoms with van der Waals surface area (Å²) < 4.78 is 11.0. The lowest BCUT2D eigenvalue weighted by atomic mass is 9.98. The fourth-order valence-electron chi connectivity index (χ4n) is 4.34. The maximum Gasteiger partial charge on any atom is 0.240 e. The number of morpholine rings is 1. The van der Waals surface area contributed by atoms with Gasteiger partial charge in [0.2, 0.25) is 5.91 Å². The molecule has 0 N–H and O–H groups in total. The normalized spacial score (nSPS) is 26.5. The second kappa shape index (κ2) is 8.71. The van der Waals surface area contributed by atoms with Gasteiger partial charge in [0, 0.05) is 51.9 Å². The van der Waals surface area contributed by atoms with Gasteiger partial charge in [-0.3, -0.25) is 14.6 Å². The quantitative estimate of drug-likeness (QED) is 0.778. The second-order valence-electron chi connectivity index (χ2n) is 8.43. The lowest BCUT2D eigenvalue weighted by Crippen LogP contribution is -2.60. The molecule has 3 rings (SSSR count). The van der Waals surface area contributed by atoms with Gasteiger partial charge in [-0.1, -0.05) is 19.0 Å². The molecule has 0 bridgehead atoms. The number of aromatic nitrogens is 1. The monoisotopic (exact) mass is 378 g/mol. The van der Waals surface area contributed by atoms with Gasteiger partial charge in [-0.25, -0.2) is 0 Å². The lowest BCUT2D eigenvalue weighted by molar-refractivity contribution is -0.147. The molecule has 0 aromatic carbocycles. The molecule has 0 spiro atoms. The minimum absolute atomic E-state index is 0.0662. The molecule has 0 aliphatic carbocycles. The minimum Gasteiger partial charge on any atom is -0.373 e. The van der Waals surface area contributed by atoms with Gasteiger partial charge in [0.15, 0.2) is 0 Å². The fourth-order valence-corrected chi connectivity index (χ4v) is 4.34. The molecule has 2 aliphatic rings. The molecule has 2 aliphatic heterocycles. The van der Waals surface area contributed by atoms with Gasteiger partial charge in [-0.05, 0) is 26.7 Å². The molecule has 152 valence electrons. The van der Waals surface area contributed by atoms with Crippen LogP contribution in [-0.2, 0) is 16.1 Å². The molecule has 1 aromatic heterocycles. The van der Waals surface area contributed by atoms with E-state index < -0.39 is 0 Å². The molecule has 2 saturated heterocycles. The van der Waals surface area contributed by atoms with Gasteiger partial charge in [0.25, 0.3) is 0 Å². The van der Waals surface area contributed by atoms with E-state index in [2.05, 4.69) is 42.7 Å². The van der Waals surface area contributed by atoms with E-state index in [9.17, 15) is 4.79 Å². The van der Waals surface area contributed by atoms with E-state index in [-0.39, 0.29) is 30.1 Å². The number of nitrogens with zero attached hydrogens (tertiary/aromatic N) is 4. The van der Waals surface area contributed by atoms with Gasteiger partial charge in [-0.2, -0.15) is 0 Å². The van der Waals surface area contributed by atoms with E-state index in [0.29, 0.717) is 0 Å². The molecule has 3 unspecified atom stereocenters. The van der Waals surface area contributed by atoms with Crippen molar-refractivity contribution in [1.29, 1.82) is 0 Å². The van der Waals surface area contributed by atoms with Crippen LogP contribution in [0.25, 0.3) is 0 Å². The van der Waals surface area contributed by atoms with Crippen LogP contribution in [0.2, 0.25) is 0 Å².